The SMILES string of the molecule is CCSC1CCCC1NC(C)c1ccc(OC)cc1. The second kappa shape index (κ2) is 7.20. The van der Waals surface area contributed by atoms with Crippen LogP contribution in [0.3, 0.4) is 0 Å². The Morgan fingerprint density at radius 2 is 2.05 bits per heavy atom. The van der Waals surface area contributed by atoms with E-state index in [1.54, 1.807) is 7.11 Å². The molecule has 1 N–H and O–H groups in total. The molecule has 3 unspecified atom stereocenters. The van der Waals surface area contributed by atoms with E-state index in [-0.39, 0.29) is 0 Å². The van der Waals surface area contributed by atoms with Crippen LogP contribution in [0.4, 0.5) is 0 Å². The van der Waals surface area contributed by atoms with Crippen molar-refractivity contribution in [1.82, 2.24) is 5.32 Å². The minimum absolute atomic E-state index is 0.411. The molecule has 1 aromatic rings. The van der Waals surface area contributed by atoms with Crippen molar-refractivity contribution in [3.8, 4) is 5.75 Å². The summed E-state index contributed by atoms with van der Waals surface area (Å²) in [4.78, 5) is 0. The van der Waals surface area contributed by atoms with E-state index in [9.17, 15) is 0 Å². The van der Waals surface area contributed by atoms with Crippen LogP contribution in [0.1, 0.15) is 44.7 Å². The average molecular weight is 279 g/mol. The van der Waals surface area contributed by atoms with E-state index in [0.29, 0.717) is 12.1 Å². The molecular formula is C16H25NOS. The van der Waals surface area contributed by atoms with Crippen LogP contribution in [-0.4, -0.2) is 24.2 Å². The molecule has 2 rings (SSSR count). The first-order valence-corrected chi connectivity index (χ1v) is 8.31. The fraction of sp³-hybridized carbons (Fsp3) is 0.625. The highest BCUT2D eigenvalue weighted by molar-refractivity contribution is 7.99. The minimum Gasteiger partial charge on any atom is -0.497 e. The van der Waals surface area contributed by atoms with Gasteiger partial charge in [0.2, 0.25) is 0 Å². The molecule has 0 saturated heterocycles. The van der Waals surface area contributed by atoms with Gasteiger partial charge in [0, 0.05) is 17.3 Å². The van der Waals surface area contributed by atoms with Crippen molar-refractivity contribution in [3.63, 3.8) is 0 Å². The fourth-order valence-electron chi connectivity index (χ4n) is 2.84. The number of benzene rings is 1. The Kier molecular flexibility index (Phi) is 5.59. The summed E-state index contributed by atoms with van der Waals surface area (Å²) < 4.78 is 5.21. The monoisotopic (exact) mass is 279 g/mol. The first kappa shape index (κ1) is 14.7. The number of ether oxygens (including phenoxy) is 1. The van der Waals surface area contributed by atoms with E-state index in [1.165, 1.54) is 30.6 Å². The van der Waals surface area contributed by atoms with Crippen molar-refractivity contribution in [1.29, 1.82) is 0 Å². The molecular weight excluding hydrogens is 254 g/mol. The molecule has 2 nitrogen and oxygen atoms in total. The van der Waals surface area contributed by atoms with Crippen molar-refractivity contribution in [2.24, 2.45) is 0 Å². The zero-order chi connectivity index (χ0) is 13.7. The summed E-state index contributed by atoms with van der Waals surface area (Å²) in [6.07, 6.45) is 4.05. The van der Waals surface area contributed by atoms with Gasteiger partial charge >= 0.3 is 0 Å². The third kappa shape index (κ3) is 3.90. The summed E-state index contributed by atoms with van der Waals surface area (Å²) in [6.45, 7) is 4.51. The van der Waals surface area contributed by atoms with Crippen molar-refractivity contribution < 1.29 is 4.74 Å². The normalized spacial score (nSPS) is 24.4. The third-order valence-corrected chi connectivity index (χ3v) is 5.24. The minimum atomic E-state index is 0.411. The number of thioether (sulfide) groups is 1. The van der Waals surface area contributed by atoms with E-state index in [0.717, 1.165) is 11.0 Å². The second-order valence-electron chi connectivity index (χ2n) is 5.19. The second-order valence-corrected chi connectivity index (χ2v) is 6.71. The maximum Gasteiger partial charge on any atom is 0.118 e. The van der Waals surface area contributed by atoms with Gasteiger partial charge in [0.1, 0.15) is 5.75 Å². The Morgan fingerprint density at radius 1 is 1.32 bits per heavy atom. The Morgan fingerprint density at radius 3 is 2.68 bits per heavy atom. The average Bonchev–Trinajstić information content (AvgIpc) is 2.86. The van der Waals surface area contributed by atoms with Crippen molar-refractivity contribution in [3.05, 3.63) is 29.8 Å². The molecule has 0 heterocycles. The predicted molar refractivity (Wildman–Crippen MR) is 84.1 cm³/mol. The quantitative estimate of drug-likeness (QED) is 0.850. The van der Waals surface area contributed by atoms with Gasteiger partial charge in [-0.2, -0.15) is 11.8 Å². The van der Waals surface area contributed by atoms with Gasteiger partial charge in [-0.25, -0.2) is 0 Å². The van der Waals surface area contributed by atoms with Crippen molar-refractivity contribution in [2.45, 2.75) is 50.4 Å². The molecule has 1 aliphatic rings. The van der Waals surface area contributed by atoms with Gasteiger partial charge in [-0.3, -0.25) is 0 Å². The topological polar surface area (TPSA) is 21.3 Å². The highest BCUT2D eigenvalue weighted by Gasteiger charge is 2.28. The van der Waals surface area contributed by atoms with Gasteiger partial charge in [0.25, 0.3) is 0 Å². The maximum absolute atomic E-state index is 5.21. The lowest BCUT2D eigenvalue weighted by Gasteiger charge is -2.25. The van der Waals surface area contributed by atoms with Crippen molar-refractivity contribution in [2.75, 3.05) is 12.9 Å². The Balaban J connectivity index is 1.93. The Hall–Kier alpha value is -0.670. The van der Waals surface area contributed by atoms with Crippen LogP contribution in [0, 0.1) is 0 Å². The summed E-state index contributed by atoms with van der Waals surface area (Å²) in [5.41, 5.74) is 1.34. The molecule has 0 bridgehead atoms. The lowest BCUT2D eigenvalue weighted by atomic mass is 10.1. The van der Waals surface area contributed by atoms with Crippen LogP contribution in [0.15, 0.2) is 24.3 Å². The van der Waals surface area contributed by atoms with Crippen LogP contribution >= 0.6 is 11.8 Å². The van der Waals surface area contributed by atoms with Gasteiger partial charge in [-0.15, -0.1) is 0 Å². The first-order valence-electron chi connectivity index (χ1n) is 7.26. The maximum atomic E-state index is 5.21. The fourth-order valence-corrected chi connectivity index (χ4v) is 4.05. The molecule has 0 spiro atoms. The molecule has 0 aliphatic heterocycles. The third-order valence-electron chi connectivity index (χ3n) is 3.91. The molecule has 1 fully saturated rings. The van der Waals surface area contributed by atoms with Gasteiger partial charge in [0.15, 0.2) is 0 Å². The molecule has 1 aromatic carbocycles. The molecule has 0 amide bonds. The summed E-state index contributed by atoms with van der Waals surface area (Å²) in [7, 11) is 1.71. The number of rotatable bonds is 6. The summed E-state index contributed by atoms with van der Waals surface area (Å²) in [6, 6.07) is 9.48. The zero-order valence-electron chi connectivity index (χ0n) is 12.2. The van der Waals surface area contributed by atoms with Gasteiger partial charge in [-0.05, 0) is 43.2 Å². The smallest absolute Gasteiger partial charge is 0.118 e. The molecule has 19 heavy (non-hydrogen) atoms. The molecule has 3 atom stereocenters. The van der Waals surface area contributed by atoms with E-state index in [4.69, 9.17) is 4.74 Å². The largest absolute Gasteiger partial charge is 0.497 e. The van der Waals surface area contributed by atoms with E-state index in [1.807, 2.05) is 12.1 Å². The van der Waals surface area contributed by atoms with Crippen LogP contribution in [-0.2, 0) is 0 Å². The van der Waals surface area contributed by atoms with E-state index >= 15 is 0 Å². The van der Waals surface area contributed by atoms with Crippen LogP contribution in [0.25, 0.3) is 0 Å². The van der Waals surface area contributed by atoms with Gasteiger partial charge in [-0.1, -0.05) is 25.5 Å². The van der Waals surface area contributed by atoms with Crippen LogP contribution in [0.2, 0.25) is 0 Å². The van der Waals surface area contributed by atoms with Crippen LogP contribution in [0.5, 0.6) is 5.75 Å². The molecule has 3 heteroatoms. The Bertz CT molecular complexity index is 379. The van der Waals surface area contributed by atoms with Crippen LogP contribution < -0.4 is 10.1 Å². The van der Waals surface area contributed by atoms with E-state index < -0.39 is 0 Å². The summed E-state index contributed by atoms with van der Waals surface area (Å²) >= 11 is 2.11. The molecule has 0 aromatic heterocycles. The number of methoxy groups -OCH3 is 1. The van der Waals surface area contributed by atoms with Gasteiger partial charge < -0.3 is 10.1 Å². The first-order chi connectivity index (χ1) is 9.24. The molecule has 106 valence electrons. The number of hydrogen-bond donors (Lipinski definition) is 1. The summed E-state index contributed by atoms with van der Waals surface area (Å²) in [5, 5.41) is 4.60. The Labute approximate surface area is 121 Å². The van der Waals surface area contributed by atoms with E-state index in [2.05, 4.69) is 43.1 Å². The number of nitrogens with one attached hydrogen (secondary N) is 1. The highest BCUT2D eigenvalue weighted by Crippen LogP contribution is 2.31. The lowest BCUT2D eigenvalue weighted by Crippen LogP contribution is -2.36. The lowest BCUT2D eigenvalue weighted by molar-refractivity contribution is 0.414. The molecule has 1 saturated carbocycles. The van der Waals surface area contributed by atoms with Gasteiger partial charge in [0.05, 0.1) is 7.11 Å². The predicted octanol–water partition coefficient (Wildman–Crippen LogP) is 4.02. The number of hydrogen-bond acceptors (Lipinski definition) is 3. The zero-order valence-corrected chi connectivity index (χ0v) is 13.0. The van der Waals surface area contributed by atoms with Crippen molar-refractivity contribution >= 4 is 11.8 Å². The molecule has 0 radical (unpaired) electrons. The standard InChI is InChI=1S/C16H25NOS/c1-4-19-16-7-5-6-15(16)17-12(2)13-8-10-14(18-3)11-9-13/h8-12,15-17H,4-7H2,1-3H3. The summed E-state index contributed by atoms with van der Waals surface area (Å²) in [5.74, 6) is 2.15. The highest BCUT2D eigenvalue weighted by atomic mass is 32.2. The molecule has 1 aliphatic carbocycles.